The van der Waals surface area contributed by atoms with E-state index in [2.05, 4.69) is 16.2 Å². The molecule has 1 aromatic carbocycles. The molecule has 3 N–H and O–H groups in total. The number of carbonyl (C=O) groups excluding carboxylic acids is 1. The van der Waals surface area contributed by atoms with Crippen LogP contribution in [0.25, 0.3) is 0 Å². The number of hydrazine groups is 1. The summed E-state index contributed by atoms with van der Waals surface area (Å²) in [6.45, 7) is 2.08. The Hall–Kier alpha value is -1.99. The summed E-state index contributed by atoms with van der Waals surface area (Å²) in [4.78, 5) is 22.2. The Bertz CT molecular complexity index is 460. The van der Waals surface area contributed by atoms with Gasteiger partial charge in [-0.1, -0.05) is 17.7 Å². The van der Waals surface area contributed by atoms with E-state index in [1.54, 1.807) is 12.1 Å². The summed E-state index contributed by atoms with van der Waals surface area (Å²) in [6, 6.07) is 5.44. The summed E-state index contributed by atoms with van der Waals surface area (Å²) in [7, 11) is 0. The minimum atomic E-state index is -0.949. The van der Waals surface area contributed by atoms with E-state index in [0.717, 1.165) is 5.56 Å². The second-order valence-corrected chi connectivity index (χ2v) is 4.21. The lowest BCUT2D eigenvalue weighted by atomic mass is 10.1. The molecule has 0 bridgehead atoms. The summed E-state index contributed by atoms with van der Waals surface area (Å²) in [5, 5.41) is 13.4. The number of anilines is 1. The largest absolute Gasteiger partial charge is 0.324 e. The molecule has 0 radical (unpaired) electrons. The van der Waals surface area contributed by atoms with Gasteiger partial charge in [0.1, 0.15) is 0 Å². The minimum Gasteiger partial charge on any atom is -0.324 e. The van der Waals surface area contributed by atoms with Gasteiger partial charge >= 0.3 is 0 Å². The molecule has 96 valence electrons. The fraction of sp³-hybridized carbons (Fsp3) is 0.364. The van der Waals surface area contributed by atoms with Crippen molar-refractivity contribution in [3.63, 3.8) is 0 Å². The van der Waals surface area contributed by atoms with Crippen molar-refractivity contribution in [2.24, 2.45) is 0 Å². The second-order valence-electron chi connectivity index (χ2n) is 4.21. The third-order valence-electron chi connectivity index (χ3n) is 2.83. The zero-order chi connectivity index (χ0) is 13.1. The summed E-state index contributed by atoms with van der Waals surface area (Å²) in [6.07, 6.45) is 0. The van der Waals surface area contributed by atoms with Crippen molar-refractivity contribution in [2.45, 2.75) is 19.0 Å². The number of aryl methyl sites for hydroxylation is 1. The minimum absolute atomic E-state index is 0.138. The molecule has 7 heteroatoms. The molecule has 1 saturated heterocycles. The Labute approximate surface area is 104 Å². The van der Waals surface area contributed by atoms with Gasteiger partial charge in [-0.2, -0.15) is 0 Å². The highest BCUT2D eigenvalue weighted by Crippen LogP contribution is 2.11. The third kappa shape index (κ3) is 2.63. The van der Waals surface area contributed by atoms with Gasteiger partial charge in [-0.3, -0.25) is 14.9 Å². The number of nitro groups is 1. The van der Waals surface area contributed by atoms with Crippen molar-refractivity contribution >= 4 is 11.6 Å². The molecule has 1 heterocycles. The fourth-order valence-corrected chi connectivity index (χ4v) is 1.78. The van der Waals surface area contributed by atoms with Crippen LogP contribution < -0.4 is 16.2 Å². The monoisotopic (exact) mass is 250 g/mol. The first-order valence-corrected chi connectivity index (χ1v) is 5.57. The van der Waals surface area contributed by atoms with Crippen molar-refractivity contribution in [2.75, 3.05) is 11.9 Å². The third-order valence-corrected chi connectivity index (χ3v) is 2.83. The van der Waals surface area contributed by atoms with Gasteiger partial charge < -0.3 is 5.32 Å². The maximum absolute atomic E-state index is 11.9. The predicted molar refractivity (Wildman–Crippen MR) is 65.5 cm³/mol. The van der Waals surface area contributed by atoms with Gasteiger partial charge in [0.05, 0.1) is 6.54 Å². The normalized spacial score (nSPS) is 22.7. The van der Waals surface area contributed by atoms with Crippen LogP contribution in [-0.2, 0) is 4.79 Å². The molecule has 0 aliphatic carbocycles. The molecule has 7 nitrogen and oxygen atoms in total. The number of hydrogen-bond donors (Lipinski definition) is 3. The lowest BCUT2D eigenvalue weighted by Gasteiger charge is -2.12. The standard InChI is InChI=1S/C11H14N4O3/c1-7-2-4-8(5-3-7)13-11(16)10-9(15(17)18)6-12-14-10/h2-5,9-10,12,14H,6H2,1H3,(H,13,16). The number of nitrogens with one attached hydrogen (secondary N) is 3. The molecule has 1 aliphatic heterocycles. The van der Waals surface area contributed by atoms with E-state index in [9.17, 15) is 14.9 Å². The highest BCUT2D eigenvalue weighted by atomic mass is 16.6. The summed E-state index contributed by atoms with van der Waals surface area (Å²) < 4.78 is 0. The first kappa shape index (κ1) is 12.5. The van der Waals surface area contributed by atoms with Crippen LogP contribution in [-0.4, -0.2) is 29.5 Å². The number of hydrogen-bond acceptors (Lipinski definition) is 5. The molecule has 2 rings (SSSR count). The van der Waals surface area contributed by atoms with Gasteiger partial charge in [0, 0.05) is 10.6 Å². The van der Waals surface area contributed by atoms with Crippen LogP contribution in [0.1, 0.15) is 5.56 Å². The molecular weight excluding hydrogens is 236 g/mol. The van der Waals surface area contributed by atoms with Crippen LogP contribution in [0.2, 0.25) is 0 Å². The van der Waals surface area contributed by atoms with Crippen molar-refractivity contribution in [3.8, 4) is 0 Å². The van der Waals surface area contributed by atoms with Gasteiger partial charge in [0.15, 0.2) is 6.04 Å². The number of nitrogens with zero attached hydrogens (tertiary/aromatic N) is 1. The topological polar surface area (TPSA) is 96.3 Å². The molecule has 1 aromatic rings. The number of rotatable bonds is 3. The summed E-state index contributed by atoms with van der Waals surface area (Å²) in [5.74, 6) is -0.412. The van der Waals surface area contributed by atoms with E-state index in [1.165, 1.54) is 0 Å². The van der Waals surface area contributed by atoms with E-state index < -0.39 is 22.9 Å². The first-order chi connectivity index (χ1) is 8.58. The average molecular weight is 250 g/mol. The molecule has 1 fully saturated rings. The zero-order valence-electron chi connectivity index (χ0n) is 9.84. The van der Waals surface area contributed by atoms with Crippen LogP contribution in [0.3, 0.4) is 0 Å². The smallest absolute Gasteiger partial charge is 0.252 e. The predicted octanol–water partition coefficient (Wildman–Crippen LogP) is 0.0552. The van der Waals surface area contributed by atoms with Gasteiger partial charge in [-0.05, 0) is 19.1 Å². The quantitative estimate of drug-likeness (QED) is 0.520. The fourth-order valence-electron chi connectivity index (χ4n) is 1.78. The van der Waals surface area contributed by atoms with Crippen molar-refractivity contribution < 1.29 is 9.72 Å². The van der Waals surface area contributed by atoms with E-state index in [0.29, 0.717) is 5.69 Å². The molecule has 0 spiro atoms. The van der Waals surface area contributed by atoms with Crippen molar-refractivity contribution in [1.29, 1.82) is 0 Å². The van der Waals surface area contributed by atoms with Gasteiger partial charge in [0.2, 0.25) is 5.91 Å². The molecule has 1 amide bonds. The first-order valence-electron chi connectivity index (χ1n) is 5.57. The van der Waals surface area contributed by atoms with Gasteiger partial charge in [-0.25, -0.2) is 10.9 Å². The van der Waals surface area contributed by atoms with Crippen LogP contribution in [0.4, 0.5) is 5.69 Å². The number of amides is 1. The highest BCUT2D eigenvalue weighted by molar-refractivity contribution is 5.95. The Morgan fingerprint density at radius 2 is 2.11 bits per heavy atom. The molecule has 2 atom stereocenters. The average Bonchev–Trinajstić information content (AvgIpc) is 2.81. The Kier molecular flexibility index (Phi) is 3.54. The molecule has 1 aliphatic rings. The van der Waals surface area contributed by atoms with Crippen LogP contribution in [0.15, 0.2) is 24.3 Å². The SMILES string of the molecule is Cc1ccc(NC(=O)C2NNCC2[N+](=O)[O-])cc1. The molecule has 0 saturated carbocycles. The van der Waals surface area contributed by atoms with E-state index in [-0.39, 0.29) is 6.54 Å². The van der Waals surface area contributed by atoms with Crippen LogP contribution in [0.5, 0.6) is 0 Å². The maximum atomic E-state index is 11.9. The Balaban J connectivity index is 2.03. The van der Waals surface area contributed by atoms with E-state index in [4.69, 9.17) is 0 Å². The van der Waals surface area contributed by atoms with Crippen molar-refractivity contribution in [3.05, 3.63) is 39.9 Å². The van der Waals surface area contributed by atoms with Crippen LogP contribution >= 0.6 is 0 Å². The Morgan fingerprint density at radius 3 is 2.72 bits per heavy atom. The van der Waals surface area contributed by atoms with Crippen molar-refractivity contribution in [1.82, 2.24) is 10.9 Å². The Morgan fingerprint density at radius 1 is 1.44 bits per heavy atom. The lowest BCUT2D eigenvalue weighted by molar-refractivity contribution is -0.517. The van der Waals surface area contributed by atoms with Gasteiger partial charge in [0.25, 0.3) is 6.04 Å². The number of benzene rings is 1. The molecule has 18 heavy (non-hydrogen) atoms. The molecule has 0 aromatic heterocycles. The van der Waals surface area contributed by atoms with E-state index in [1.807, 2.05) is 19.1 Å². The van der Waals surface area contributed by atoms with E-state index >= 15 is 0 Å². The van der Waals surface area contributed by atoms with Crippen LogP contribution in [0, 0.1) is 17.0 Å². The number of carbonyl (C=O) groups is 1. The zero-order valence-corrected chi connectivity index (χ0v) is 9.84. The second kappa shape index (κ2) is 5.11. The summed E-state index contributed by atoms with van der Waals surface area (Å²) >= 11 is 0. The summed E-state index contributed by atoms with van der Waals surface area (Å²) in [5.41, 5.74) is 6.95. The van der Waals surface area contributed by atoms with Gasteiger partial charge in [-0.15, -0.1) is 0 Å². The molecule has 2 unspecified atom stereocenters. The molecular formula is C11H14N4O3. The maximum Gasteiger partial charge on any atom is 0.252 e. The highest BCUT2D eigenvalue weighted by Gasteiger charge is 2.41. The lowest BCUT2D eigenvalue weighted by Crippen LogP contribution is -2.46.